The summed E-state index contributed by atoms with van der Waals surface area (Å²) in [6.45, 7) is 6.51. The molecule has 6 nitrogen and oxygen atoms in total. The van der Waals surface area contributed by atoms with Crippen LogP contribution in [0.4, 0.5) is 0 Å². The van der Waals surface area contributed by atoms with Gasteiger partial charge in [-0.25, -0.2) is 8.42 Å². The lowest BCUT2D eigenvalue weighted by Crippen LogP contribution is -2.33. The Bertz CT molecular complexity index is 894. The molecule has 0 radical (unpaired) electrons. The zero-order chi connectivity index (χ0) is 18.5. The molecule has 2 fully saturated rings. The van der Waals surface area contributed by atoms with E-state index in [1.807, 2.05) is 13.0 Å². The highest BCUT2D eigenvalue weighted by molar-refractivity contribution is 7.89. The molecule has 2 aliphatic heterocycles. The molecule has 3 heterocycles. The van der Waals surface area contributed by atoms with Crippen LogP contribution in [-0.2, 0) is 16.6 Å². The van der Waals surface area contributed by atoms with E-state index in [0.717, 1.165) is 6.54 Å². The molecular formula is C19H26N4O2S. The summed E-state index contributed by atoms with van der Waals surface area (Å²) in [7, 11) is -1.35. The molecule has 2 saturated heterocycles. The molecule has 0 spiro atoms. The predicted octanol–water partition coefficient (Wildman–Crippen LogP) is 2.13. The van der Waals surface area contributed by atoms with Crippen molar-refractivity contribution < 1.29 is 8.42 Å². The summed E-state index contributed by atoms with van der Waals surface area (Å²) in [6.07, 6.45) is 1.67. The third-order valence-corrected chi connectivity index (χ3v) is 7.78. The Labute approximate surface area is 155 Å². The Kier molecular flexibility index (Phi) is 4.41. The maximum atomic E-state index is 13.2. The van der Waals surface area contributed by atoms with Crippen LogP contribution in [0.25, 0.3) is 0 Å². The van der Waals surface area contributed by atoms with Gasteiger partial charge >= 0.3 is 0 Å². The molecule has 1 aromatic heterocycles. The number of aryl methyl sites for hydroxylation is 2. The van der Waals surface area contributed by atoms with Gasteiger partial charge in [-0.15, -0.1) is 0 Å². The Hall–Kier alpha value is -1.70. The van der Waals surface area contributed by atoms with E-state index in [4.69, 9.17) is 0 Å². The van der Waals surface area contributed by atoms with Crippen LogP contribution in [0, 0.1) is 18.8 Å². The zero-order valence-electron chi connectivity index (χ0n) is 15.5. The van der Waals surface area contributed by atoms with Gasteiger partial charge in [0.05, 0.1) is 5.69 Å². The van der Waals surface area contributed by atoms with E-state index >= 15 is 0 Å². The van der Waals surface area contributed by atoms with E-state index in [-0.39, 0.29) is 6.04 Å². The minimum absolute atomic E-state index is 0.279. The molecule has 7 heteroatoms. The summed E-state index contributed by atoms with van der Waals surface area (Å²) in [5.74, 6) is 0.709. The number of likely N-dealkylation sites (tertiary alicyclic amines) is 1. The van der Waals surface area contributed by atoms with Crippen molar-refractivity contribution in [2.45, 2.75) is 31.3 Å². The van der Waals surface area contributed by atoms with Crippen LogP contribution in [0.2, 0.25) is 0 Å². The maximum Gasteiger partial charge on any atom is 0.246 e. The highest BCUT2D eigenvalue weighted by atomic mass is 32.2. The van der Waals surface area contributed by atoms with Crippen molar-refractivity contribution in [3.63, 3.8) is 0 Å². The molecule has 0 amide bonds. The van der Waals surface area contributed by atoms with E-state index in [2.05, 4.69) is 41.3 Å². The summed E-state index contributed by atoms with van der Waals surface area (Å²) < 4.78 is 29.8. The Morgan fingerprint density at radius 1 is 1.15 bits per heavy atom. The van der Waals surface area contributed by atoms with E-state index in [9.17, 15) is 8.42 Å². The van der Waals surface area contributed by atoms with E-state index in [1.165, 1.54) is 5.56 Å². The number of sulfonamides is 1. The average Bonchev–Trinajstić information content (AvgIpc) is 3.27. The summed E-state index contributed by atoms with van der Waals surface area (Å²) in [6, 6.07) is 10.7. The first-order chi connectivity index (χ1) is 12.4. The van der Waals surface area contributed by atoms with Crippen LogP contribution < -0.4 is 0 Å². The minimum atomic E-state index is -3.49. The number of benzene rings is 1. The lowest BCUT2D eigenvalue weighted by atomic mass is 9.90. The fourth-order valence-corrected chi connectivity index (χ4v) is 6.32. The normalized spacial score (nSPS) is 27.1. The molecule has 3 atom stereocenters. The van der Waals surface area contributed by atoms with Gasteiger partial charge in [-0.05, 0) is 38.3 Å². The van der Waals surface area contributed by atoms with Crippen molar-refractivity contribution in [1.29, 1.82) is 0 Å². The number of nitrogens with zero attached hydrogens (tertiary/aromatic N) is 4. The molecule has 2 aliphatic rings. The fraction of sp³-hybridized carbons (Fsp3) is 0.526. The Morgan fingerprint density at radius 3 is 2.54 bits per heavy atom. The van der Waals surface area contributed by atoms with Crippen molar-refractivity contribution in [3.8, 4) is 0 Å². The van der Waals surface area contributed by atoms with E-state index in [1.54, 1.807) is 22.1 Å². The standard InChI is InChI=1S/C19H26N4O2S/c1-4-22-13-18(14(2)20-22)26(24,25)23-11-16-10-21(3)19(17(16)12-23)15-8-6-5-7-9-15/h5-9,13,16-17,19H,4,10-12H2,1-3H3/t16-,17+,19-/m0/s1. The van der Waals surface area contributed by atoms with Gasteiger partial charge in [0.2, 0.25) is 10.0 Å². The van der Waals surface area contributed by atoms with Crippen LogP contribution >= 0.6 is 0 Å². The molecule has 4 rings (SSSR count). The van der Waals surface area contributed by atoms with Crippen LogP contribution in [0.5, 0.6) is 0 Å². The van der Waals surface area contributed by atoms with Gasteiger partial charge in [0.15, 0.2) is 0 Å². The highest BCUT2D eigenvalue weighted by Crippen LogP contribution is 2.45. The summed E-state index contributed by atoms with van der Waals surface area (Å²) in [5.41, 5.74) is 1.86. The first-order valence-electron chi connectivity index (χ1n) is 9.21. The van der Waals surface area contributed by atoms with E-state index < -0.39 is 10.0 Å². The zero-order valence-corrected chi connectivity index (χ0v) is 16.4. The van der Waals surface area contributed by atoms with Gasteiger partial charge < -0.3 is 0 Å². The lowest BCUT2D eigenvalue weighted by molar-refractivity contribution is 0.261. The van der Waals surface area contributed by atoms with Crippen LogP contribution in [0.3, 0.4) is 0 Å². The Balaban J connectivity index is 1.61. The summed E-state index contributed by atoms with van der Waals surface area (Å²) in [5, 5.41) is 4.32. The quantitative estimate of drug-likeness (QED) is 0.823. The van der Waals surface area contributed by atoms with Crippen molar-refractivity contribution in [2.75, 3.05) is 26.7 Å². The number of aromatic nitrogens is 2. The molecule has 0 aliphatic carbocycles. The SMILES string of the molecule is CCn1cc(S(=O)(=O)N2C[C@@H]3CN(C)[C@@H](c4ccccc4)[C@@H]3C2)c(C)n1. The second-order valence-electron chi connectivity index (χ2n) is 7.48. The molecule has 26 heavy (non-hydrogen) atoms. The highest BCUT2D eigenvalue weighted by Gasteiger charge is 2.49. The van der Waals surface area contributed by atoms with Gasteiger partial charge in [-0.1, -0.05) is 30.3 Å². The molecule has 0 unspecified atom stereocenters. The Morgan fingerprint density at radius 2 is 1.88 bits per heavy atom. The third kappa shape index (κ3) is 2.78. The summed E-state index contributed by atoms with van der Waals surface area (Å²) >= 11 is 0. The monoisotopic (exact) mass is 374 g/mol. The van der Waals surface area contributed by atoms with Gasteiger partial charge in [0, 0.05) is 38.4 Å². The van der Waals surface area contributed by atoms with Gasteiger partial charge in [-0.3, -0.25) is 9.58 Å². The molecule has 140 valence electrons. The summed E-state index contributed by atoms with van der Waals surface area (Å²) in [4.78, 5) is 2.72. The van der Waals surface area contributed by atoms with Gasteiger partial charge in [-0.2, -0.15) is 9.40 Å². The first-order valence-corrected chi connectivity index (χ1v) is 10.6. The van der Waals surface area contributed by atoms with Crippen LogP contribution in [0.1, 0.15) is 24.2 Å². The smallest absolute Gasteiger partial charge is 0.246 e. The van der Waals surface area contributed by atoms with Gasteiger partial charge in [0.1, 0.15) is 4.90 Å². The molecule has 2 aromatic rings. The van der Waals surface area contributed by atoms with Crippen LogP contribution in [0.15, 0.2) is 41.4 Å². The predicted molar refractivity (Wildman–Crippen MR) is 100 cm³/mol. The molecule has 0 saturated carbocycles. The molecule has 0 bridgehead atoms. The second kappa shape index (κ2) is 6.48. The van der Waals surface area contributed by atoms with Crippen molar-refractivity contribution in [1.82, 2.24) is 19.0 Å². The van der Waals surface area contributed by atoms with E-state index in [0.29, 0.717) is 42.1 Å². The van der Waals surface area contributed by atoms with Gasteiger partial charge in [0.25, 0.3) is 0 Å². The largest absolute Gasteiger partial charge is 0.299 e. The number of hydrogen-bond acceptors (Lipinski definition) is 4. The van der Waals surface area contributed by atoms with Crippen molar-refractivity contribution in [3.05, 3.63) is 47.8 Å². The molecular weight excluding hydrogens is 348 g/mol. The third-order valence-electron chi connectivity index (χ3n) is 5.85. The molecule has 0 N–H and O–H groups in total. The maximum absolute atomic E-state index is 13.2. The topological polar surface area (TPSA) is 58.4 Å². The van der Waals surface area contributed by atoms with Crippen molar-refractivity contribution >= 4 is 10.0 Å². The minimum Gasteiger partial charge on any atom is -0.299 e. The first kappa shape index (κ1) is 17.7. The number of fused-ring (bicyclic) bond motifs is 1. The average molecular weight is 375 g/mol. The van der Waals surface area contributed by atoms with Crippen LogP contribution in [-0.4, -0.2) is 54.1 Å². The number of hydrogen-bond donors (Lipinski definition) is 0. The number of rotatable bonds is 4. The second-order valence-corrected chi connectivity index (χ2v) is 9.38. The lowest BCUT2D eigenvalue weighted by Gasteiger charge is -2.26. The fourth-order valence-electron chi connectivity index (χ4n) is 4.62. The molecule has 1 aromatic carbocycles. The van der Waals surface area contributed by atoms with Crippen molar-refractivity contribution in [2.24, 2.45) is 11.8 Å².